The first-order valence-corrected chi connectivity index (χ1v) is 7.10. The molecule has 1 heterocycles. The van der Waals surface area contributed by atoms with Crippen molar-refractivity contribution < 1.29 is 0 Å². The average molecular weight is 251 g/mol. The van der Waals surface area contributed by atoms with E-state index in [9.17, 15) is 0 Å². The van der Waals surface area contributed by atoms with Gasteiger partial charge in [-0.25, -0.2) is 0 Å². The molecule has 0 radical (unpaired) electrons. The number of para-hydroxylation sites is 1. The molecule has 2 aromatic rings. The Kier molecular flexibility index (Phi) is 3.06. The largest absolute Gasteiger partial charge is 0.377 e. The summed E-state index contributed by atoms with van der Waals surface area (Å²) in [5.41, 5.74) is 6.99. The molecule has 1 N–H and O–H groups in total. The molecule has 0 amide bonds. The molecule has 3 rings (SSSR count). The van der Waals surface area contributed by atoms with Gasteiger partial charge in [-0.2, -0.15) is 0 Å². The summed E-state index contributed by atoms with van der Waals surface area (Å²) in [4.78, 5) is 0. The third-order valence-electron chi connectivity index (χ3n) is 3.99. The van der Waals surface area contributed by atoms with Crippen molar-refractivity contribution in [2.75, 3.05) is 5.32 Å². The van der Waals surface area contributed by atoms with Crippen LogP contribution in [0.4, 0.5) is 5.69 Å². The number of aryl methyl sites for hydroxylation is 1. The average Bonchev–Trinajstić information content (AvgIpc) is 2.82. The van der Waals surface area contributed by atoms with Gasteiger partial charge in [-0.05, 0) is 36.0 Å². The van der Waals surface area contributed by atoms with Crippen molar-refractivity contribution in [3.05, 3.63) is 64.7 Å². The molecule has 1 heteroatoms. The van der Waals surface area contributed by atoms with Crippen LogP contribution in [0.25, 0.3) is 0 Å². The summed E-state index contributed by atoms with van der Waals surface area (Å²) >= 11 is 0. The quantitative estimate of drug-likeness (QED) is 0.806. The first kappa shape index (κ1) is 12.3. The van der Waals surface area contributed by atoms with Gasteiger partial charge in [-0.15, -0.1) is 0 Å². The second kappa shape index (κ2) is 4.73. The molecule has 1 unspecified atom stereocenters. The molecular weight excluding hydrogens is 230 g/mol. The molecule has 0 spiro atoms. The summed E-state index contributed by atoms with van der Waals surface area (Å²) < 4.78 is 0. The number of benzene rings is 2. The summed E-state index contributed by atoms with van der Waals surface area (Å²) in [6.45, 7) is 6.68. The molecule has 0 aliphatic carbocycles. The number of fused-ring (bicyclic) bond motifs is 1. The fourth-order valence-corrected chi connectivity index (χ4v) is 2.98. The SMILES string of the molecule is Cc1cccc(C2Cc3cccc(C(C)C)c3N2)c1. The van der Waals surface area contributed by atoms with Gasteiger partial charge < -0.3 is 5.32 Å². The summed E-state index contributed by atoms with van der Waals surface area (Å²) in [5, 5.41) is 3.73. The van der Waals surface area contributed by atoms with Gasteiger partial charge in [0.05, 0.1) is 6.04 Å². The van der Waals surface area contributed by atoms with Crippen molar-refractivity contribution in [1.82, 2.24) is 0 Å². The smallest absolute Gasteiger partial charge is 0.0555 e. The Morgan fingerprint density at radius 3 is 2.63 bits per heavy atom. The Balaban J connectivity index is 1.94. The highest BCUT2D eigenvalue weighted by Crippen LogP contribution is 2.39. The minimum absolute atomic E-state index is 0.426. The van der Waals surface area contributed by atoms with Gasteiger partial charge in [0.1, 0.15) is 0 Å². The molecule has 19 heavy (non-hydrogen) atoms. The van der Waals surface area contributed by atoms with E-state index in [1.165, 1.54) is 27.9 Å². The summed E-state index contributed by atoms with van der Waals surface area (Å²) in [6.07, 6.45) is 1.10. The van der Waals surface area contributed by atoms with Gasteiger partial charge in [0.25, 0.3) is 0 Å². The summed E-state index contributed by atoms with van der Waals surface area (Å²) in [5.74, 6) is 0.568. The molecule has 2 aromatic carbocycles. The molecule has 0 bridgehead atoms. The highest BCUT2D eigenvalue weighted by molar-refractivity contribution is 5.64. The van der Waals surface area contributed by atoms with Crippen molar-refractivity contribution in [3.8, 4) is 0 Å². The maximum atomic E-state index is 3.73. The van der Waals surface area contributed by atoms with E-state index in [-0.39, 0.29) is 0 Å². The van der Waals surface area contributed by atoms with Crippen molar-refractivity contribution >= 4 is 5.69 Å². The van der Waals surface area contributed by atoms with Gasteiger partial charge >= 0.3 is 0 Å². The molecule has 1 nitrogen and oxygen atoms in total. The van der Waals surface area contributed by atoms with E-state index in [1.54, 1.807) is 0 Å². The first-order chi connectivity index (χ1) is 9.15. The molecule has 0 saturated carbocycles. The molecule has 1 aliphatic heterocycles. The second-order valence-electron chi connectivity index (χ2n) is 5.85. The van der Waals surface area contributed by atoms with Crippen LogP contribution in [0.3, 0.4) is 0 Å². The number of rotatable bonds is 2. The van der Waals surface area contributed by atoms with Crippen molar-refractivity contribution in [3.63, 3.8) is 0 Å². The minimum atomic E-state index is 0.426. The second-order valence-corrected chi connectivity index (χ2v) is 5.85. The lowest BCUT2D eigenvalue weighted by atomic mass is 9.97. The topological polar surface area (TPSA) is 12.0 Å². The van der Waals surface area contributed by atoms with Gasteiger partial charge in [-0.1, -0.05) is 61.9 Å². The van der Waals surface area contributed by atoms with E-state index in [0.717, 1.165) is 6.42 Å². The van der Waals surface area contributed by atoms with E-state index < -0.39 is 0 Å². The number of anilines is 1. The predicted octanol–water partition coefficient (Wildman–Crippen LogP) is 4.83. The maximum absolute atomic E-state index is 3.73. The zero-order valence-corrected chi connectivity index (χ0v) is 11.9. The van der Waals surface area contributed by atoms with Gasteiger partial charge in [-0.3, -0.25) is 0 Å². The van der Waals surface area contributed by atoms with Crippen molar-refractivity contribution in [1.29, 1.82) is 0 Å². The number of nitrogens with one attached hydrogen (secondary N) is 1. The minimum Gasteiger partial charge on any atom is -0.377 e. The van der Waals surface area contributed by atoms with Gasteiger partial charge in [0, 0.05) is 5.69 Å². The van der Waals surface area contributed by atoms with E-state index in [4.69, 9.17) is 0 Å². The highest BCUT2D eigenvalue weighted by Gasteiger charge is 2.24. The van der Waals surface area contributed by atoms with E-state index >= 15 is 0 Å². The van der Waals surface area contributed by atoms with Crippen LogP contribution in [-0.2, 0) is 6.42 Å². The number of hydrogen-bond donors (Lipinski definition) is 1. The normalized spacial score (nSPS) is 17.4. The predicted molar refractivity (Wildman–Crippen MR) is 81.8 cm³/mol. The fourth-order valence-electron chi connectivity index (χ4n) is 2.98. The van der Waals surface area contributed by atoms with Gasteiger partial charge in [0.2, 0.25) is 0 Å². The zero-order chi connectivity index (χ0) is 13.4. The third-order valence-corrected chi connectivity index (χ3v) is 3.99. The van der Waals surface area contributed by atoms with Crippen LogP contribution in [0.5, 0.6) is 0 Å². The molecule has 1 atom stereocenters. The van der Waals surface area contributed by atoms with Crippen LogP contribution >= 0.6 is 0 Å². The fraction of sp³-hybridized carbons (Fsp3) is 0.333. The Hall–Kier alpha value is -1.76. The summed E-state index contributed by atoms with van der Waals surface area (Å²) in [6, 6.07) is 15.9. The van der Waals surface area contributed by atoms with Crippen LogP contribution in [0.1, 0.15) is 48.1 Å². The molecule has 0 fully saturated rings. The number of hydrogen-bond acceptors (Lipinski definition) is 1. The van der Waals surface area contributed by atoms with E-state index in [1.807, 2.05) is 0 Å². The Morgan fingerprint density at radius 1 is 1.11 bits per heavy atom. The van der Waals surface area contributed by atoms with Crippen molar-refractivity contribution in [2.24, 2.45) is 0 Å². The highest BCUT2D eigenvalue weighted by atomic mass is 15.0. The maximum Gasteiger partial charge on any atom is 0.0555 e. The third kappa shape index (κ3) is 2.25. The van der Waals surface area contributed by atoms with Crippen molar-refractivity contribution in [2.45, 2.75) is 39.2 Å². The Morgan fingerprint density at radius 2 is 1.89 bits per heavy atom. The summed E-state index contributed by atoms with van der Waals surface area (Å²) in [7, 11) is 0. The van der Waals surface area contributed by atoms with E-state index in [2.05, 4.69) is 68.6 Å². The standard InChI is InChI=1S/C18H21N/c1-12(2)16-9-5-8-15-11-17(19-18(15)16)14-7-4-6-13(3)10-14/h4-10,12,17,19H,11H2,1-3H3. The van der Waals surface area contributed by atoms with Crippen LogP contribution in [0, 0.1) is 6.92 Å². The van der Waals surface area contributed by atoms with Crippen LogP contribution < -0.4 is 5.32 Å². The Labute approximate surface area is 115 Å². The van der Waals surface area contributed by atoms with Crippen LogP contribution in [-0.4, -0.2) is 0 Å². The lowest BCUT2D eigenvalue weighted by Crippen LogP contribution is -2.06. The van der Waals surface area contributed by atoms with Gasteiger partial charge in [0.15, 0.2) is 0 Å². The zero-order valence-electron chi connectivity index (χ0n) is 11.9. The molecule has 1 aliphatic rings. The van der Waals surface area contributed by atoms with Crippen LogP contribution in [0.15, 0.2) is 42.5 Å². The molecule has 0 aromatic heterocycles. The Bertz CT molecular complexity index is 598. The molecule has 98 valence electrons. The lowest BCUT2D eigenvalue weighted by molar-refractivity contribution is 0.820. The monoisotopic (exact) mass is 251 g/mol. The first-order valence-electron chi connectivity index (χ1n) is 7.10. The lowest BCUT2D eigenvalue weighted by Gasteiger charge is -2.15. The van der Waals surface area contributed by atoms with Crippen LogP contribution in [0.2, 0.25) is 0 Å². The molecular formula is C18H21N. The van der Waals surface area contributed by atoms with E-state index in [0.29, 0.717) is 12.0 Å². The molecule has 0 saturated heterocycles.